The molecule has 0 fully saturated rings. The van der Waals surface area contributed by atoms with Gasteiger partial charge in [-0.15, -0.1) is 0 Å². The highest BCUT2D eigenvalue weighted by Gasteiger charge is 2.36. The van der Waals surface area contributed by atoms with E-state index in [4.69, 9.17) is 4.74 Å². The van der Waals surface area contributed by atoms with Crippen molar-refractivity contribution in [2.45, 2.75) is 78.5 Å². The lowest BCUT2D eigenvalue weighted by atomic mass is 9.99. The largest absolute Gasteiger partial charge is 0.468 e. The van der Waals surface area contributed by atoms with Gasteiger partial charge in [-0.1, -0.05) is 57.5 Å². The van der Waals surface area contributed by atoms with E-state index in [0.29, 0.717) is 24.9 Å². The number of carbonyl (C=O) groups is 4. The maximum absolute atomic E-state index is 13.9. The van der Waals surface area contributed by atoms with Gasteiger partial charge in [0.05, 0.1) is 7.11 Å². The summed E-state index contributed by atoms with van der Waals surface area (Å²) < 4.78 is 10.0. The maximum Gasteiger partial charge on any atom is 0.408 e. The van der Waals surface area contributed by atoms with Crippen LogP contribution in [0.1, 0.15) is 72.4 Å². The summed E-state index contributed by atoms with van der Waals surface area (Å²) in [4.78, 5) is 52.8. The molecule has 2 N–H and O–H groups in total. The maximum atomic E-state index is 13.9. The number of hydrogen-bond donors (Lipinski definition) is 2. The number of esters is 1. The highest BCUT2D eigenvalue weighted by molar-refractivity contribution is 5.93. The van der Waals surface area contributed by atoms with E-state index in [-0.39, 0.29) is 18.4 Å². The molecule has 0 spiro atoms. The van der Waals surface area contributed by atoms with Crippen molar-refractivity contribution >= 4 is 23.9 Å². The lowest BCUT2D eigenvalue weighted by Crippen LogP contribution is -2.53. The molecular formula is C26H41N3O6. The van der Waals surface area contributed by atoms with Crippen LogP contribution in [0.4, 0.5) is 4.79 Å². The molecule has 0 aliphatic rings. The number of methoxy groups -OCH3 is 1. The van der Waals surface area contributed by atoms with Crippen LogP contribution in [-0.2, 0) is 23.9 Å². The van der Waals surface area contributed by atoms with Crippen LogP contribution in [0.5, 0.6) is 0 Å². The molecule has 1 aromatic carbocycles. The van der Waals surface area contributed by atoms with E-state index in [1.165, 1.54) is 12.0 Å². The Labute approximate surface area is 208 Å². The van der Waals surface area contributed by atoms with E-state index in [1.807, 2.05) is 26.8 Å². The van der Waals surface area contributed by atoms with Crippen LogP contribution in [-0.4, -0.2) is 60.6 Å². The standard InChI is InChI=1S/C26H41N3O6/c1-8-9-15-29(24(32)20(16-18(2)3)28-25(33)35-26(4,5)6)22(19-13-11-10-12-14-19)23(31)27-17-21(30)34-7/h10-14,18,20,22H,8-9,15-17H2,1-7H3,(H,27,31)(H,28,33). The molecule has 0 heterocycles. The second-order valence-corrected chi connectivity index (χ2v) is 9.82. The van der Waals surface area contributed by atoms with Gasteiger partial charge in [0.25, 0.3) is 0 Å². The topological polar surface area (TPSA) is 114 Å². The van der Waals surface area contributed by atoms with E-state index < -0.39 is 35.7 Å². The van der Waals surface area contributed by atoms with Crippen molar-refractivity contribution in [2.24, 2.45) is 5.92 Å². The van der Waals surface area contributed by atoms with Gasteiger partial charge in [0.1, 0.15) is 24.2 Å². The number of amides is 3. The van der Waals surface area contributed by atoms with Crippen LogP contribution >= 0.6 is 0 Å². The van der Waals surface area contributed by atoms with E-state index >= 15 is 0 Å². The van der Waals surface area contributed by atoms with Crippen molar-refractivity contribution in [1.29, 1.82) is 0 Å². The Balaban J connectivity index is 3.37. The summed E-state index contributed by atoms with van der Waals surface area (Å²) in [6, 6.07) is 7.01. The number of benzene rings is 1. The number of unbranched alkanes of at least 4 members (excludes halogenated alkanes) is 1. The number of alkyl carbamates (subject to hydrolysis) is 1. The molecule has 2 unspecified atom stereocenters. The van der Waals surface area contributed by atoms with Gasteiger partial charge in [0.2, 0.25) is 11.8 Å². The highest BCUT2D eigenvalue weighted by Crippen LogP contribution is 2.24. The minimum Gasteiger partial charge on any atom is -0.468 e. The van der Waals surface area contributed by atoms with Gasteiger partial charge in [-0.3, -0.25) is 14.4 Å². The second-order valence-electron chi connectivity index (χ2n) is 9.82. The summed E-state index contributed by atoms with van der Waals surface area (Å²) in [6.45, 7) is 11.1. The Morgan fingerprint density at radius 1 is 1.06 bits per heavy atom. The van der Waals surface area contributed by atoms with Crippen LogP contribution < -0.4 is 10.6 Å². The van der Waals surface area contributed by atoms with Crippen LogP contribution in [0.2, 0.25) is 0 Å². The smallest absolute Gasteiger partial charge is 0.408 e. The molecule has 0 saturated carbocycles. The van der Waals surface area contributed by atoms with Gasteiger partial charge >= 0.3 is 12.1 Å². The minimum absolute atomic E-state index is 0.0928. The number of nitrogens with one attached hydrogen (secondary N) is 2. The summed E-state index contributed by atoms with van der Waals surface area (Å²) in [6.07, 6.45) is 1.12. The van der Waals surface area contributed by atoms with E-state index in [1.54, 1.807) is 45.0 Å². The monoisotopic (exact) mass is 491 g/mol. The van der Waals surface area contributed by atoms with Gasteiger partial charge in [-0.05, 0) is 45.1 Å². The van der Waals surface area contributed by atoms with Crippen molar-refractivity contribution in [3.8, 4) is 0 Å². The summed E-state index contributed by atoms with van der Waals surface area (Å²) in [5.41, 5.74) is -0.127. The van der Waals surface area contributed by atoms with Crippen molar-refractivity contribution in [1.82, 2.24) is 15.5 Å². The lowest BCUT2D eigenvalue weighted by Gasteiger charge is -2.35. The minimum atomic E-state index is -0.991. The second kappa shape index (κ2) is 14.3. The zero-order valence-electron chi connectivity index (χ0n) is 22.1. The molecule has 9 nitrogen and oxygen atoms in total. The Morgan fingerprint density at radius 2 is 1.69 bits per heavy atom. The first-order valence-corrected chi connectivity index (χ1v) is 12.1. The zero-order valence-corrected chi connectivity index (χ0v) is 22.1. The van der Waals surface area contributed by atoms with Gasteiger partial charge < -0.3 is 25.0 Å². The summed E-state index contributed by atoms with van der Waals surface area (Å²) in [5.74, 6) is -1.40. The summed E-state index contributed by atoms with van der Waals surface area (Å²) in [5, 5.41) is 5.28. The predicted octanol–water partition coefficient (Wildman–Crippen LogP) is 3.59. The van der Waals surface area contributed by atoms with E-state index in [2.05, 4.69) is 15.4 Å². The molecule has 35 heavy (non-hydrogen) atoms. The molecule has 0 aromatic heterocycles. The molecule has 0 aliphatic heterocycles. The third kappa shape index (κ3) is 10.8. The van der Waals surface area contributed by atoms with E-state index in [0.717, 1.165) is 6.42 Å². The van der Waals surface area contributed by atoms with Gasteiger partial charge in [0, 0.05) is 6.54 Å². The number of nitrogens with zero attached hydrogens (tertiary/aromatic N) is 1. The van der Waals surface area contributed by atoms with Gasteiger partial charge in [-0.25, -0.2) is 4.79 Å². The van der Waals surface area contributed by atoms with Gasteiger partial charge in [-0.2, -0.15) is 0 Å². The highest BCUT2D eigenvalue weighted by atomic mass is 16.6. The average molecular weight is 492 g/mol. The average Bonchev–Trinajstić information content (AvgIpc) is 2.78. The van der Waals surface area contributed by atoms with Crippen LogP contribution in [0.15, 0.2) is 30.3 Å². The number of hydrogen-bond acceptors (Lipinski definition) is 6. The molecule has 9 heteroatoms. The Hall–Kier alpha value is -3.10. The molecule has 1 aromatic rings. The fourth-order valence-corrected chi connectivity index (χ4v) is 3.47. The molecule has 2 atom stereocenters. The summed E-state index contributed by atoms with van der Waals surface area (Å²) >= 11 is 0. The third-order valence-corrected chi connectivity index (χ3v) is 5.04. The van der Waals surface area contributed by atoms with Crippen LogP contribution in [0, 0.1) is 5.92 Å². The molecule has 3 amide bonds. The predicted molar refractivity (Wildman–Crippen MR) is 133 cm³/mol. The number of rotatable bonds is 12. The first-order chi connectivity index (χ1) is 16.4. The molecule has 1 rings (SSSR count). The molecule has 0 saturated heterocycles. The Morgan fingerprint density at radius 3 is 2.20 bits per heavy atom. The van der Waals surface area contributed by atoms with Crippen LogP contribution in [0.3, 0.4) is 0 Å². The summed E-state index contributed by atoms with van der Waals surface area (Å²) in [7, 11) is 1.24. The fourth-order valence-electron chi connectivity index (χ4n) is 3.47. The number of ether oxygens (including phenoxy) is 2. The fraction of sp³-hybridized carbons (Fsp3) is 0.615. The van der Waals surface area contributed by atoms with Crippen molar-refractivity contribution in [3.05, 3.63) is 35.9 Å². The van der Waals surface area contributed by atoms with Crippen LogP contribution in [0.25, 0.3) is 0 Å². The SMILES string of the molecule is CCCCN(C(=O)C(CC(C)C)NC(=O)OC(C)(C)C)C(C(=O)NCC(=O)OC)c1ccccc1. The number of carbonyl (C=O) groups excluding carboxylic acids is 4. The first kappa shape index (κ1) is 29.9. The van der Waals surface area contributed by atoms with Crippen molar-refractivity contribution < 1.29 is 28.7 Å². The first-order valence-electron chi connectivity index (χ1n) is 12.1. The van der Waals surface area contributed by atoms with Gasteiger partial charge in [0.15, 0.2) is 0 Å². The molecule has 0 radical (unpaired) electrons. The van der Waals surface area contributed by atoms with E-state index in [9.17, 15) is 19.2 Å². The Bertz CT molecular complexity index is 835. The lowest BCUT2D eigenvalue weighted by molar-refractivity contribution is -0.145. The molecule has 0 aliphatic carbocycles. The van der Waals surface area contributed by atoms with Crippen molar-refractivity contribution in [3.63, 3.8) is 0 Å². The molecule has 196 valence electrons. The molecular weight excluding hydrogens is 450 g/mol. The Kier molecular flexibility index (Phi) is 12.3. The normalized spacial score (nSPS) is 12.9. The zero-order chi connectivity index (χ0) is 26.6. The molecule has 0 bridgehead atoms. The third-order valence-electron chi connectivity index (χ3n) is 5.04. The van der Waals surface area contributed by atoms with Crippen molar-refractivity contribution in [2.75, 3.05) is 20.2 Å². The quantitative estimate of drug-likeness (QED) is 0.432.